The first-order valence-electron chi connectivity index (χ1n) is 8.29. The molecule has 0 bridgehead atoms. The van der Waals surface area contributed by atoms with Crippen LogP contribution in [0, 0.1) is 5.82 Å². The first kappa shape index (κ1) is 17.0. The zero-order valence-corrected chi connectivity index (χ0v) is 13.7. The summed E-state index contributed by atoms with van der Waals surface area (Å²) in [4.78, 5) is 26.3. The van der Waals surface area contributed by atoms with E-state index in [1.807, 2.05) is 30.3 Å². The Labute approximate surface area is 145 Å². The van der Waals surface area contributed by atoms with E-state index >= 15 is 0 Å². The molecule has 1 heterocycles. The molecule has 1 atom stereocenters. The molecule has 1 aliphatic heterocycles. The standard InChI is InChI=1S/C19H20FN3O2/c20-15-9-4-5-10-16(15)22-19(25)23-12-6-11-17(23)18(24)21-13-14-7-2-1-3-8-14/h1-5,7-10,17H,6,11-13H2,(H,21,24)(H,22,25)/t17-/m0/s1. The Bertz CT molecular complexity index is 751. The Morgan fingerprint density at radius 2 is 1.80 bits per heavy atom. The molecule has 3 amide bonds. The number of rotatable bonds is 4. The molecule has 130 valence electrons. The van der Waals surface area contributed by atoms with E-state index in [-0.39, 0.29) is 11.6 Å². The maximum Gasteiger partial charge on any atom is 0.322 e. The van der Waals surface area contributed by atoms with E-state index in [1.54, 1.807) is 12.1 Å². The summed E-state index contributed by atoms with van der Waals surface area (Å²) in [5.74, 6) is -0.690. The Hall–Kier alpha value is -2.89. The molecule has 0 aromatic heterocycles. The summed E-state index contributed by atoms with van der Waals surface area (Å²) < 4.78 is 13.7. The molecule has 0 spiro atoms. The minimum Gasteiger partial charge on any atom is -0.350 e. The quantitative estimate of drug-likeness (QED) is 0.897. The van der Waals surface area contributed by atoms with Crippen LogP contribution in [0.2, 0.25) is 0 Å². The average Bonchev–Trinajstić information content (AvgIpc) is 3.12. The van der Waals surface area contributed by atoms with Gasteiger partial charge in [-0.1, -0.05) is 42.5 Å². The first-order valence-corrected chi connectivity index (χ1v) is 8.29. The number of para-hydroxylation sites is 1. The lowest BCUT2D eigenvalue weighted by Crippen LogP contribution is -2.47. The van der Waals surface area contributed by atoms with Crippen LogP contribution in [0.25, 0.3) is 0 Å². The second-order valence-electron chi connectivity index (χ2n) is 5.96. The molecule has 5 nitrogen and oxygen atoms in total. The van der Waals surface area contributed by atoms with Gasteiger partial charge in [-0.2, -0.15) is 0 Å². The summed E-state index contributed by atoms with van der Waals surface area (Å²) in [6.45, 7) is 0.892. The van der Waals surface area contributed by atoms with E-state index in [0.29, 0.717) is 19.5 Å². The van der Waals surface area contributed by atoms with Gasteiger partial charge in [-0.15, -0.1) is 0 Å². The number of hydrogen-bond acceptors (Lipinski definition) is 2. The molecule has 25 heavy (non-hydrogen) atoms. The van der Waals surface area contributed by atoms with Gasteiger partial charge in [0.25, 0.3) is 0 Å². The van der Waals surface area contributed by atoms with Crippen molar-refractivity contribution in [2.45, 2.75) is 25.4 Å². The third-order valence-electron chi connectivity index (χ3n) is 4.24. The van der Waals surface area contributed by atoms with Crippen molar-refractivity contribution in [1.29, 1.82) is 0 Å². The van der Waals surface area contributed by atoms with Crippen LogP contribution in [0.1, 0.15) is 18.4 Å². The maximum absolute atomic E-state index is 13.7. The largest absolute Gasteiger partial charge is 0.350 e. The summed E-state index contributed by atoms with van der Waals surface area (Å²) >= 11 is 0. The smallest absolute Gasteiger partial charge is 0.322 e. The highest BCUT2D eigenvalue weighted by Crippen LogP contribution is 2.20. The van der Waals surface area contributed by atoms with Gasteiger partial charge in [-0.3, -0.25) is 4.79 Å². The molecule has 2 N–H and O–H groups in total. The van der Waals surface area contributed by atoms with Crippen molar-refractivity contribution in [2.75, 3.05) is 11.9 Å². The number of anilines is 1. The predicted molar refractivity (Wildman–Crippen MR) is 93.4 cm³/mol. The number of nitrogens with zero attached hydrogens (tertiary/aromatic N) is 1. The van der Waals surface area contributed by atoms with Gasteiger partial charge in [0.2, 0.25) is 5.91 Å². The van der Waals surface area contributed by atoms with Crippen LogP contribution in [0.5, 0.6) is 0 Å². The van der Waals surface area contributed by atoms with Crippen LogP contribution in [0.3, 0.4) is 0 Å². The van der Waals surface area contributed by atoms with Crippen LogP contribution < -0.4 is 10.6 Å². The fourth-order valence-electron chi connectivity index (χ4n) is 2.93. The van der Waals surface area contributed by atoms with Crippen molar-refractivity contribution in [1.82, 2.24) is 10.2 Å². The van der Waals surface area contributed by atoms with Crippen molar-refractivity contribution in [3.8, 4) is 0 Å². The molecule has 0 radical (unpaired) electrons. The molecule has 2 aromatic rings. The SMILES string of the molecule is O=C(NCc1ccccc1)[C@@H]1CCCN1C(=O)Nc1ccccc1F. The fraction of sp³-hybridized carbons (Fsp3) is 0.263. The molecule has 0 aliphatic carbocycles. The topological polar surface area (TPSA) is 61.4 Å². The number of urea groups is 1. The summed E-state index contributed by atoms with van der Waals surface area (Å²) in [7, 11) is 0. The van der Waals surface area contributed by atoms with Gasteiger partial charge in [-0.25, -0.2) is 9.18 Å². The van der Waals surface area contributed by atoms with Crippen molar-refractivity contribution in [3.63, 3.8) is 0 Å². The minimum absolute atomic E-state index is 0.114. The number of halogens is 1. The number of hydrogen-bond donors (Lipinski definition) is 2. The van der Waals surface area contributed by atoms with Crippen LogP contribution in [0.15, 0.2) is 54.6 Å². The molecule has 2 aromatic carbocycles. The normalized spacial score (nSPS) is 16.5. The van der Waals surface area contributed by atoms with Gasteiger partial charge >= 0.3 is 6.03 Å². The van der Waals surface area contributed by atoms with Gasteiger partial charge in [0.1, 0.15) is 11.9 Å². The van der Waals surface area contributed by atoms with E-state index in [1.165, 1.54) is 17.0 Å². The van der Waals surface area contributed by atoms with Crippen LogP contribution in [-0.4, -0.2) is 29.4 Å². The minimum atomic E-state index is -0.532. The van der Waals surface area contributed by atoms with E-state index in [0.717, 1.165) is 12.0 Å². The monoisotopic (exact) mass is 341 g/mol. The molecular formula is C19H20FN3O2. The van der Waals surface area contributed by atoms with Crippen molar-refractivity contribution in [3.05, 3.63) is 66.0 Å². The van der Waals surface area contributed by atoms with Crippen molar-refractivity contribution in [2.24, 2.45) is 0 Å². The molecule has 1 saturated heterocycles. The number of likely N-dealkylation sites (tertiary alicyclic amines) is 1. The van der Waals surface area contributed by atoms with Gasteiger partial charge in [0.05, 0.1) is 5.69 Å². The highest BCUT2D eigenvalue weighted by Gasteiger charge is 2.34. The lowest BCUT2D eigenvalue weighted by Gasteiger charge is -2.24. The number of nitrogens with one attached hydrogen (secondary N) is 2. The average molecular weight is 341 g/mol. The Morgan fingerprint density at radius 3 is 2.56 bits per heavy atom. The number of carbonyl (C=O) groups is 2. The van der Waals surface area contributed by atoms with Gasteiger partial charge in [0.15, 0.2) is 0 Å². The highest BCUT2D eigenvalue weighted by molar-refractivity contribution is 5.94. The predicted octanol–water partition coefficient (Wildman–Crippen LogP) is 3.14. The van der Waals surface area contributed by atoms with Crippen LogP contribution in [0.4, 0.5) is 14.9 Å². The van der Waals surface area contributed by atoms with Crippen molar-refractivity contribution < 1.29 is 14.0 Å². The van der Waals surface area contributed by atoms with E-state index in [2.05, 4.69) is 10.6 Å². The lowest BCUT2D eigenvalue weighted by molar-refractivity contribution is -0.124. The van der Waals surface area contributed by atoms with E-state index < -0.39 is 17.9 Å². The zero-order valence-electron chi connectivity index (χ0n) is 13.7. The first-order chi connectivity index (χ1) is 12.1. The van der Waals surface area contributed by atoms with E-state index in [4.69, 9.17) is 0 Å². The Balaban J connectivity index is 1.60. The molecule has 6 heteroatoms. The number of carbonyl (C=O) groups excluding carboxylic acids is 2. The van der Waals surface area contributed by atoms with Gasteiger partial charge < -0.3 is 15.5 Å². The maximum atomic E-state index is 13.7. The summed E-state index contributed by atoms with van der Waals surface area (Å²) in [6.07, 6.45) is 1.35. The summed E-state index contributed by atoms with van der Waals surface area (Å²) in [5, 5.41) is 5.41. The molecular weight excluding hydrogens is 321 g/mol. The second kappa shape index (κ2) is 7.79. The molecule has 3 rings (SSSR count). The van der Waals surface area contributed by atoms with Crippen molar-refractivity contribution >= 4 is 17.6 Å². The zero-order chi connectivity index (χ0) is 17.6. The lowest BCUT2D eigenvalue weighted by atomic mass is 10.2. The molecule has 0 saturated carbocycles. The van der Waals surface area contributed by atoms with Gasteiger partial charge in [0, 0.05) is 13.1 Å². The summed E-state index contributed by atoms with van der Waals surface area (Å²) in [6, 6.07) is 14.6. The molecule has 1 fully saturated rings. The van der Waals surface area contributed by atoms with Gasteiger partial charge in [-0.05, 0) is 30.5 Å². The second-order valence-corrected chi connectivity index (χ2v) is 5.96. The van der Waals surface area contributed by atoms with E-state index in [9.17, 15) is 14.0 Å². The Kier molecular flexibility index (Phi) is 5.28. The molecule has 1 aliphatic rings. The summed E-state index contributed by atoms with van der Waals surface area (Å²) in [5.41, 5.74) is 1.11. The fourth-order valence-corrected chi connectivity index (χ4v) is 2.93. The number of benzene rings is 2. The third kappa shape index (κ3) is 4.15. The highest BCUT2D eigenvalue weighted by atomic mass is 19.1. The van der Waals surface area contributed by atoms with Crippen LogP contribution in [-0.2, 0) is 11.3 Å². The van der Waals surface area contributed by atoms with Crippen LogP contribution >= 0.6 is 0 Å². The molecule has 0 unspecified atom stereocenters. The number of amides is 3. The Morgan fingerprint density at radius 1 is 1.08 bits per heavy atom. The third-order valence-corrected chi connectivity index (χ3v) is 4.24.